The van der Waals surface area contributed by atoms with Crippen LogP contribution in [-0.2, 0) is 4.79 Å². The molecule has 1 amide bonds. The van der Waals surface area contributed by atoms with E-state index in [1.807, 2.05) is 30.5 Å². The molecule has 0 aliphatic carbocycles. The van der Waals surface area contributed by atoms with Gasteiger partial charge in [0.25, 0.3) is 5.91 Å². The van der Waals surface area contributed by atoms with E-state index in [0.29, 0.717) is 11.8 Å². The average molecular weight is 405 g/mol. The number of hydrogen-bond donors (Lipinski definition) is 2. The van der Waals surface area contributed by atoms with Gasteiger partial charge in [0, 0.05) is 14.7 Å². The minimum atomic E-state index is -5.17. The second-order valence-corrected chi connectivity index (χ2v) is 7.47. The summed E-state index contributed by atoms with van der Waals surface area (Å²) in [4.78, 5) is 14.1. The minimum Gasteiger partial charge on any atom is -0.373 e. The van der Waals surface area contributed by atoms with Crippen LogP contribution >= 0.6 is 23.5 Å². The number of anilines is 1. The first-order valence-corrected chi connectivity index (χ1v) is 9.30. The number of benzene rings is 2. The van der Waals surface area contributed by atoms with Crippen LogP contribution in [0, 0.1) is 5.82 Å². The van der Waals surface area contributed by atoms with Crippen LogP contribution in [0.3, 0.4) is 0 Å². The number of thioether (sulfide) groups is 1. The first-order valence-electron chi connectivity index (χ1n) is 7.26. The van der Waals surface area contributed by atoms with E-state index in [4.69, 9.17) is 0 Å². The first-order chi connectivity index (χ1) is 12.0. The fourth-order valence-electron chi connectivity index (χ4n) is 1.81. The monoisotopic (exact) mass is 405 g/mol. The van der Waals surface area contributed by atoms with E-state index >= 15 is 0 Å². The molecule has 0 aromatic heterocycles. The first kappa shape index (κ1) is 20.6. The van der Waals surface area contributed by atoms with Crippen LogP contribution in [0.25, 0.3) is 0 Å². The molecule has 0 aliphatic rings. The Balaban J connectivity index is 2.12. The highest BCUT2D eigenvalue weighted by Gasteiger charge is 2.55. The van der Waals surface area contributed by atoms with Gasteiger partial charge in [-0.05, 0) is 55.6 Å². The Labute approximate surface area is 156 Å². The van der Waals surface area contributed by atoms with Gasteiger partial charge in [-0.25, -0.2) is 4.39 Å². The molecule has 0 spiro atoms. The van der Waals surface area contributed by atoms with E-state index in [0.717, 1.165) is 21.9 Å². The summed E-state index contributed by atoms with van der Waals surface area (Å²) in [7, 11) is 0. The molecular weight excluding hydrogens is 390 g/mol. The normalized spacial score (nSPS) is 14.0. The van der Waals surface area contributed by atoms with Gasteiger partial charge in [0.2, 0.25) is 5.60 Å². The number of alkyl halides is 3. The quantitative estimate of drug-likeness (QED) is 0.546. The zero-order chi connectivity index (χ0) is 19.5. The SMILES string of the molecule is CSc1ccc(Sc2ccc(NC(=O)C(C)(O)C(F)(F)F)c(F)c2)cc1. The van der Waals surface area contributed by atoms with E-state index in [9.17, 15) is 27.5 Å². The summed E-state index contributed by atoms with van der Waals surface area (Å²) in [6.45, 7) is 0.308. The molecule has 2 aromatic carbocycles. The Morgan fingerprint density at radius 1 is 1.04 bits per heavy atom. The number of halogens is 4. The van der Waals surface area contributed by atoms with Crippen LogP contribution in [0.1, 0.15) is 6.92 Å². The molecule has 1 atom stereocenters. The molecule has 2 rings (SSSR count). The smallest absolute Gasteiger partial charge is 0.373 e. The van der Waals surface area contributed by atoms with E-state index in [-0.39, 0.29) is 0 Å². The zero-order valence-corrected chi connectivity index (χ0v) is 15.4. The summed E-state index contributed by atoms with van der Waals surface area (Å²) in [5.41, 5.74) is -4.06. The maximum Gasteiger partial charge on any atom is 0.426 e. The van der Waals surface area contributed by atoms with Crippen molar-refractivity contribution in [2.24, 2.45) is 0 Å². The molecule has 0 fully saturated rings. The van der Waals surface area contributed by atoms with Crippen molar-refractivity contribution in [3.63, 3.8) is 0 Å². The summed E-state index contributed by atoms with van der Waals surface area (Å²) in [5.74, 6) is -2.65. The number of aliphatic hydroxyl groups is 1. The average Bonchev–Trinajstić information content (AvgIpc) is 2.57. The van der Waals surface area contributed by atoms with Crippen molar-refractivity contribution in [1.29, 1.82) is 0 Å². The van der Waals surface area contributed by atoms with Crippen LogP contribution in [0.4, 0.5) is 23.2 Å². The van der Waals surface area contributed by atoms with Crippen molar-refractivity contribution in [2.75, 3.05) is 11.6 Å². The Kier molecular flexibility index (Phi) is 6.25. The lowest BCUT2D eigenvalue weighted by Crippen LogP contribution is -2.52. The fraction of sp³-hybridized carbons (Fsp3) is 0.235. The highest BCUT2D eigenvalue weighted by atomic mass is 32.2. The van der Waals surface area contributed by atoms with Crippen molar-refractivity contribution >= 4 is 35.1 Å². The predicted molar refractivity (Wildman–Crippen MR) is 94.1 cm³/mol. The molecule has 2 aromatic rings. The van der Waals surface area contributed by atoms with Crippen molar-refractivity contribution in [2.45, 2.75) is 33.4 Å². The molecule has 0 saturated heterocycles. The molecule has 0 bridgehead atoms. The standard InChI is InChI=1S/C17H15F4NO2S2/c1-16(24,17(19,20)21)15(23)22-14-8-7-12(9-13(14)18)26-11-5-3-10(25-2)4-6-11/h3-9,24H,1-2H3,(H,22,23). The van der Waals surface area contributed by atoms with E-state index in [1.54, 1.807) is 17.1 Å². The Morgan fingerprint density at radius 3 is 2.08 bits per heavy atom. The van der Waals surface area contributed by atoms with Crippen LogP contribution in [0.2, 0.25) is 0 Å². The molecule has 2 N–H and O–H groups in total. The molecular formula is C17H15F4NO2S2. The molecule has 0 radical (unpaired) electrons. The van der Waals surface area contributed by atoms with Gasteiger partial charge in [-0.2, -0.15) is 13.2 Å². The molecule has 1 unspecified atom stereocenters. The maximum atomic E-state index is 14.1. The van der Waals surface area contributed by atoms with Crippen molar-refractivity contribution < 1.29 is 27.5 Å². The van der Waals surface area contributed by atoms with Crippen molar-refractivity contribution in [3.05, 3.63) is 48.3 Å². The highest BCUT2D eigenvalue weighted by Crippen LogP contribution is 2.33. The molecule has 9 heteroatoms. The van der Waals surface area contributed by atoms with Gasteiger partial charge in [-0.1, -0.05) is 11.8 Å². The fourth-order valence-corrected chi connectivity index (χ4v) is 3.06. The van der Waals surface area contributed by atoms with Crippen molar-refractivity contribution in [1.82, 2.24) is 0 Å². The number of carbonyl (C=O) groups excluding carboxylic acids is 1. The Hall–Kier alpha value is -1.71. The number of carbonyl (C=O) groups is 1. The van der Waals surface area contributed by atoms with E-state index in [2.05, 4.69) is 0 Å². The number of rotatable bonds is 5. The number of amides is 1. The highest BCUT2D eigenvalue weighted by molar-refractivity contribution is 7.99. The molecule has 0 saturated carbocycles. The lowest BCUT2D eigenvalue weighted by atomic mass is 10.1. The summed E-state index contributed by atoms with van der Waals surface area (Å²) in [5, 5.41) is 11.1. The molecule has 0 heterocycles. The second-order valence-electron chi connectivity index (χ2n) is 5.44. The third-order valence-electron chi connectivity index (χ3n) is 3.48. The van der Waals surface area contributed by atoms with Crippen LogP contribution < -0.4 is 5.32 Å². The lowest BCUT2D eigenvalue weighted by molar-refractivity contribution is -0.242. The second kappa shape index (κ2) is 7.89. The van der Waals surface area contributed by atoms with Gasteiger partial charge in [0.1, 0.15) is 5.82 Å². The van der Waals surface area contributed by atoms with Crippen molar-refractivity contribution in [3.8, 4) is 0 Å². The van der Waals surface area contributed by atoms with Crippen LogP contribution in [0.5, 0.6) is 0 Å². The molecule has 3 nitrogen and oxygen atoms in total. The molecule has 140 valence electrons. The van der Waals surface area contributed by atoms with Gasteiger partial charge >= 0.3 is 6.18 Å². The molecule has 0 aliphatic heterocycles. The van der Waals surface area contributed by atoms with Crippen LogP contribution in [-0.4, -0.2) is 29.0 Å². The maximum absolute atomic E-state index is 14.1. The largest absolute Gasteiger partial charge is 0.426 e. The number of hydrogen-bond acceptors (Lipinski definition) is 4. The Morgan fingerprint density at radius 2 is 1.58 bits per heavy atom. The topological polar surface area (TPSA) is 49.3 Å². The third kappa shape index (κ3) is 4.72. The lowest BCUT2D eigenvalue weighted by Gasteiger charge is -2.25. The van der Waals surface area contributed by atoms with Gasteiger partial charge in [-0.3, -0.25) is 4.79 Å². The predicted octanol–water partition coefficient (Wildman–Crippen LogP) is 4.95. The number of nitrogens with one attached hydrogen (secondary N) is 1. The molecule has 26 heavy (non-hydrogen) atoms. The van der Waals surface area contributed by atoms with E-state index < -0.39 is 29.2 Å². The zero-order valence-electron chi connectivity index (χ0n) is 13.7. The van der Waals surface area contributed by atoms with Gasteiger partial charge in [0.05, 0.1) is 5.69 Å². The van der Waals surface area contributed by atoms with Gasteiger partial charge < -0.3 is 10.4 Å². The Bertz CT molecular complexity index is 792. The summed E-state index contributed by atoms with van der Waals surface area (Å²) < 4.78 is 52.0. The summed E-state index contributed by atoms with van der Waals surface area (Å²) >= 11 is 2.85. The summed E-state index contributed by atoms with van der Waals surface area (Å²) in [6, 6.07) is 11.3. The third-order valence-corrected chi connectivity index (χ3v) is 5.22. The van der Waals surface area contributed by atoms with E-state index in [1.165, 1.54) is 17.8 Å². The van der Waals surface area contributed by atoms with Gasteiger partial charge in [0.15, 0.2) is 0 Å². The van der Waals surface area contributed by atoms with Crippen LogP contribution in [0.15, 0.2) is 57.2 Å². The summed E-state index contributed by atoms with van der Waals surface area (Å²) in [6.07, 6.45) is -3.23. The van der Waals surface area contributed by atoms with Gasteiger partial charge in [-0.15, -0.1) is 11.8 Å². The minimum absolute atomic E-state index is 0.308.